The zero-order valence-electron chi connectivity index (χ0n) is 11.9. The molecule has 1 heterocycles. The Morgan fingerprint density at radius 3 is 2.81 bits per heavy atom. The molecule has 1 atom stereocenters. The van der Waals surface area contributed by atoms with E-state index < -0.39 is 10.0 Å². The molecule has 0 radical (unpaired) electrons. The van der Waals surface area contributed by atoms with Gasteiger partial charge in [0.2, 0.25) is 21.7 Å². The van der Waals surface area contributed by atoms with Crippen molar-refractivity contribution in [1.82, 2.24) is 10.1 Å². The lowest BCUT2D eigenvalue weighted by molar-refractivity contribution is 0.349. The van der Waals surface area contributed by atoms with Gasteiger partial charge < -0.3 is 4.52 Å². The van der Waals surface area contributed by atoms with Crippen LogP contribution >= 0.6 is 0 Å². The molecule has 0 spiro atoms. The molecule has 6 nitrogen and oxygen atoms in total. The van der Waals surface area contributed by atoms with Gasteiger partial charge in [-0.3, -0.25) is 4.72 Å². The molecule has 112 valence electrons. The number of sulfonamides is 1. The van der Waals surface area contributed by atoms with E-state index in [2.05, 4.69) is 21.8 Å². The molecule has 0 saturated heterocycles. The number of anilines is 1. The van der Waals surface area contributed by atoms with Gasteiger partial charge in [0.1, 0.15) is 0 Å². The second-order valence-electron chi connectivity index (χ2n) is 5.54. The van der Waals surface area contributed by atoms with Gasteiger partial charge in [0.25, 0.3) is 0 Å². The summed E-state index contributed by atoms with van der Waals surface area (Å²) in [5, 5.41) is 3.99. The molecule has 0 aliphatic heterocycles. The summed E-state index contributed by atoms with van der Waals surface area (Å²) in [7, 11) is -3.30. The number of nitrogens with one attached hydrogen (secondary N) is 1. The zero-order valence-corrected chi connectivity index (χ0v) is 12.7. The summed E-state index contributed by atoms with van der Waals surface area (Å²) < 4.78 is 30.3. The Balaban J connectivity index is 1.85. The molecule has 1 saturated carbocycles. The zero-order chi connectivity index (χ0) is 15.0. The molecule has 21 heavy (non-hydrogen) atoms. The van der Waals surface area contributed by atoms with E-state index in [1.54, 1.807) is 18.2 Å². The first-order valence-corrected chi connectivity index (χ1v) is 8.73. The van der Waals surface area contributed by atoms with E-state index in [9.17, 15) is 8.42 Å². The predicted molar refractivity (Wildman–Crippen MR) is 79.3 cm³/mol. The fourth-order valence-electron chi connectivity index (χ4n) is 2.27. The normalized spacial score (nSPS) is 16.7. The second-order valence-corrected chi connectivity index (χ2v) is 7.29. The highest BCUT2D eigenvalue weighted by molar-refractivity contribution is 7.92. The van der Waals surface area contributed by atoms with Crippen LogP contribution in [0.4, 0.5) is 5.69 Å². The van der Waals surface area contributed by atoms with E-state index in [0.717, 1.165) is 11.8 Å². The fourth-order valence-corrected chi connectivity index (χ4v) is 2.83. The van der Waals surface area contributed by atoms with Crippen LogP contribution in [0, 0.1) is 5.92 Å². The first-order valence-electron chi connectivity index (χ1n) is 6.84. The van der Waals surface area contributed by atoms with Crippen molar-refractivity contribution in [3.8, 4) is 11.4 Å². The predicted octanol–water partition coefficient (Wildman–Crippen LogP) is 2.62. The lowest BCUT2D eigenvalue weighted by Crippen LogP contribution is -2.09. The van der Waals surface area contributed by atoms with Gasteiger partial charge in [-0.1, -0.05) is 24.2 Å². The topological polar surface area (TPSA) is 85.1 Å². The van der Waals surface area contributed by atoms with Crippen molar-refractivity contribution in [2.75, 3.05) is 11.0 Å². The molecule has 1 aromatic carbocycles. The third kappa shape index (κ3) is 3.41. The summed E-state index contributed by atoms with van der Waals surface area (Å²) in [6.07, 6.45) is 3.54. The van der Waals surface area contributed by atoms with Crippen LogP contribution in [-0.4, -0.2) is 24.8 Å². The Morgan fingerprint density at radius 1 is 1.38 bits per heavy atom. The molecule has 1 N–H and O–H groups in total. The Hall–Kier alpha value is -1.89. The Bertz CT molecular complexity index is 750. The minimum atomic E-state index is -3.30. The van der Waals surface area contributed by atoms with Gasteiger partial charge in [-0.2, -0.15) is 4.98 Å². The SMILES string of the molecule is C[C@@H](c1nc(-c2cccc(NS(C)(=O)=O)c2)no1)C1CC1. The first kappa shape index (κ1) is 14.1. The van der Waals surface area contributed by atoms with Crippen LogP contribution < -0.4 is 4.72 Å². The summed E-state index contributed by atoms with van der Waals surface area (Å²) in [5.74, 6) is 2.06. The lowest BCUT2D eigenvalue weighted by atomic mass is 10.1. The Morgan fingerprint density at radius 2 is 2.14 bits per heavy atom. The van der Waals surface area contributed by atoms with Crippen molar-refractivity contribution >= 4 is 15.7 Å². The molecule has 3 rings (SSSR count). The average molecular weight is 307 g/mol. The number of aromatic nitrogens is 2. The number of hydrogen-bond donors (Lipinski definition) is 1. The molecule has 2 aromatic rings. The van der Waals surface area contributed by atoms with Crippen LogP contribution in [-0.2, 0) is 10.0 Å². The van der Waals surface area contributed by atoms with Crippen molar-refractivity contribution in [3.63, 3.8) is 0 Å². The van der Waals surface area contributed by atoms with E-state index in [0.29, 0.717) is 23.3 Å². The van der Waals surface area contributed by atoms with Crippen molar-refractivity contribution in [1.29, 1.82) is 0 Å². The molecular weight excluding hydrogens is 290 g/mol. The molecule has 0 amide bonds. The smallest absolute Gasteiger partial charge is 0.230 e. The van der Waals surface area contributed by atoms with Crippen LogP contribution in [0.1, 0.15) is 31.6 Å². The summed E-state index contributed by atoms with van der Waals surface area (Å²) in [6, 6.07) is 6.95. The van der Waals surface area contributed by atoms with Crippen LogP contribution in [0.2, 0.25) is 0 Å². The maximum atomic E-state index is 11.3. The van der Waals surface area contributed by atoms with Crippen molar-refractivity contribution in [2.24, 2.45) is 5.92 Å². The number of benzene rings is 1. The standard InChI is InChI=1S/C14H17N3O3S/c1-9(10-6-7-10)14-15-13(16-20-14)11-4-3-5-12(8-11)17-21(2,18)19/h3-5,8-10,17H,6-7H2,1-2H3/t9-/m1/s1. The summed E-state index contributed by atoms with van der Waals surface area (Å²) in [4.78, 5) is 4.42. The van der Waals surface area contributed by atoms with E-state index >= 15 is 0 Å². The minimum absolute atomic E-state index is 0.281. The van der Waals surface area contributed by atoms with Crippen LogP contribution in [0.5, 0.6) is 0 Å². The first-order chi connectivity index (χ1) is 9.92. The van der Waals surface area contributed by atoms with E-state index in [4.69, 9.17) is 4.52 Å². The number of rotatable bonds is 5. The highest BCUT2D eigenvalue weighted by atomic mass is 32.2. The van der Waals surface area contributed by atoms with Gasteiger partial charge in [-0.05, 0) is 30.9 Å². The monoisotopic (exact) mass is 307 g/mol. The van der Waals surface area contributed by atoms with Gasteiger partial charge in [0.15, 0.2) is 0 Å². The molecule has 1 aliphatic carbocycles. The van der Waals surface area contributed by atoms with Gasteiger partial charge in [0.05, 0.1) is 6.26 Å². The van der Waals surface area contributed by atoms with Crippen LogP contribution in [0.3, 0.4) is 0 Å². The van der Waals surface area contributed by atoms with E-state index in [1.807, 2.05) is 6.07 Å². The quantitative estimate of drug-likeness (QED) is 0.917. The summed E-state index contributed by atoms with van der Waals surface area (Å²) in [5.41, 5.74) is 1.21. The maximum Gasteiger partial charge on any atom is 0.230 e. The molecule has 1 fully saturated rings. The summed E-state index contributed by atoms with van der Waals surface area (Å²) in [6.45, 7) is 2.09. The number of nitrogens with zero attached hydrogens (tertiary/aromatic N) is 2. The Kier molecular flexibility index (Phi) is 3.44. The van der Waals surface area contributed by atoms with Crippen LogP contribution in [0.25, 0.3) is 11.4 Å². The molecule has 1 aliphatic rings. The highest BCUT2D eigenvalue weighted by Gasteiger charge is 2.32. The van der Waals surface area contributed by atoms with E-state index in [-0.39, 0.29) is 5.92 Å². The van der Waals surface area contributed by atoms with Crippen molar-refractivity contribution in [3.05, 3.63) is 30.2 Å². The fraction of sp³-hybridized carbons (Fsp3) is 0.429. The largest absolute Gasteiger partial charge is 0.339 e. The maximum absolute atomic E-state index is 11.3. The van der Waals surface area contributed by atoms with Gasteiger partial charge in [-0.15, -0.1) is 0 Å². The molecule has 0 bridgehead atoms. The Labute approximate surface area is 123 Å². The average Bonchev–Trinajstić information content (AvgIpc) is 3.13. The van der Waals surface area contributed by atoms with Gasteiger partial charge in [0, 0.05) is 17.2 Å². The van der Waals surface area contributed by atoms with Gasteiger partial charge in [-0.25, -0.2) is 8.42 Å². The molecule has 1 aromatic heterocycles. The van der Waals surface area contributed by atoms with Crippen LogP contribution in [0.15, 0.2) is 28.8 Å². The highest BCUT2D eigenvalue weighted by Crippen LogP contribution is 2.41. The number of hydrogen-bond acceptors (Lipinski definition) is 5. The third-order valence-corrected chi connectivity index (χ3v) is 4.19. The lowest BCUT2D eigenvalue weighted by Gasteiger charge is -2.04. The molecular formula is C14H17N3O3S. The van der Waals surface area contributed by atoms with E-state index in [1.165, 1.54) is 12.8 Å². The van der Waals surface area contributed by atoms with Gasteiger partial charge >= 0.3 is 0 Å². The third-order valence-electron chi connectivity index (χ3n) is 3.58. The minimum Gasteiger partial charge on any atom is -0.339 e. The van der Waals surface area contributed by atoms with Crippen molar-refractivity contribution in [2.45, 2.75) is 25.7 Å². The summed E-state index contributed by atoms with van der Waals surface area (Å²) >= 11 is 0. The van der Waals surface area contributed by atoms with Crippen molar-refractivity contribution < 1.29 is 12.9 Å². The molecule has 7 heteroatoms. The second kappa shape index (κ2) is 5.14. The molecule has 0 unspecified atom stereocenters.